The topological polar surface area (TPSA) is 115 Å². The van der Waals surface area contributed by atoms with Crippen LogP contribution in [0.1, 0.15) is 34.9 Å². The largest absolute Gasteiger partial charge is 0.467 e. The SMILES string of the molecule is Cc1ccc(C2=NN(C(=O)COC(=O)/C=C/c3cccc([N+](=O)[O-])c3)C(c3ccco3)C2)cc1. The lowest BCUT2D eigenvalue weighted by atomic mass is 10.0. The molecule has 0 saturated carbocycles. The molecule has 4 rings (SSSR count). The maximum absolute atomic E-state index is 12.9. The number of nitro groups is 1. The number of carbonyl (C=O) groups is 2. The normalized spacial score (nSPS) is 15.4. The third kappa shape index (κ3) is 5.26. The monoisotopic (exact) mass is 459 g/mol. The zero-order valence-electron chi connectivity index (χ0n) is 18.3. The number of amides is 1. The van der Waals surface area contributed by atoms with E-state index in [2.05, 4.69) is 5.10 Å². The summed E-state index contributed by atoms with van der Waals surface area (Å²) in [6.07, 6.45) is 4.49. The van der Waals surface area contributed by atoms with E-state index in [1.165, 1.54) is 35.5 Å². The zero-order chi connectivity index (χ0) is 24.1. The van der Waals surface area contributed by atoms with Crippen LogP contribution in [0.5, 0.6) is 0 Å². The second-order valence-corrected chi connectivity index (χ2v) is 7.68. The Morgan fingerprint density at radius 2 is 2.00 bits per heavy atom. The molecule has 1 atom stereocenters. The third-order valence-corrected chi connectivity index (χ3v) is 5.25. The van der Waals surface area contributed by atoms with Gasteiger partial charge in [0.05, 0.1) is 16.9 Å². The van der Waals surface area contributed by atoms with E-state index >= 15 is 0 Å². The Morgan fingerprint density at radius 1 is 1.21 bits per heavy atom. The van der Waals surface area contributed by atoms with Gasteiger partial charge in [-0.15, -0.1) is 0 Å². The number of hydrazone groups is 1. The lowest BCUT2D eigenvalue weighted by Gasteiger charge is -2.19. The first-order chi connectivity index (χ1) is 16.4. The van der Waals surface area contributed by atoms with Crippen molar-refractivity contribution in [1.82, 2.24) is 5.01 Å². The van der Waals surface area contributed by atoms with Crippen molar-refractivity contribution in [1.29, 1.82) is 0 Å². The number of rotatable bonds is 7. The van der Waals surface area contributed by atoms with E-state index in [0.717, 1.165) is 22.9 Å². The zero-order valence-corrected chi connectivity index (χ0v) is 18.3. The first kappa shape index (κ1) is 22.7. The maximum Gasteiger partial charge on any atom is 0.331 e. The van der Waals surface area contributed by atoms with Gasteiger partial charge in [0, 0.05) is 24.6 Å². The number of hydrogen-bond donors (Lipinski definition) is 0. The van der Waals surface area contributed by atoms with Crippen molar-refractivity contribution >= 4 is 29.4 Å². The van der Waals surface area contributed by atoms with Gasteiger partial charge in [0.2, 0.25) is 0 Å². The Balaban J connectivity index is 1.43. The third-order valence-electron chi connectivity index (χ3n) is 5.25. The van der Waals surface area contributed by atoms with Gasteiger partial charge in [-0.05, 0) is 36.3 Å². The summed E-state index contributed by atoms with van der Waals surface area (Å²) < 4.78 is 10.6. The van der Waals surface area contributed by atoms with Gasteiger partial charge in [0.25, 0.3) is 11.6 Å². The van der Waals surface area contributed by atoms with Gasteiger partial charge < -0.3 is 9.15 Å². The van der Waals surface area contributed by atoms with E-state index in [-0.39, 0.29) is 5.69 Å². The molecule has 0 fully saturated rings. The first-order valence-electron chi connectivity index (χ1n) is 10.5. The molecule has 34 heavy (non-hydrogen) atoms. The minimum atomic E-state index is -0.753. The maximum atomic E-state index is 12.9. The molecule has 0 N–H and O–H groups in total. The highest BCUT2D eigenvalue weighted by atomic mass is 16.6. The number of benzene rings is 2. The molecule has 0 spiro atoms. The highest BCUT2D eigenvalue weighted by Crippen LogP contribution is 2.33. The van der Waals surface area contributed by atoms with Crippen LogP contribution >= 0.6 is 0 Å². The Labute approximate surface area is 195 Å². The fourth-order valence-corrected chi connectivity index (χ4v) is 3.52. The summed E-state index contributed by atoms with van der Waals surface area (Å²) in [6, 6.07) is 16.7. The summed E-state index contributed by atoms with van der Waals surface area (Å²) >= 11 is 0. The number of aryl methyl sites for hydroxylation is 1. The van der Waals surface area contributed by atoms with Crippen molar-refractivity contribution in [3.63, 3.8) is 0 Å². The summed E-state index contributed by atoms with van der Waals surface area (Å²) in [7, 11) is 0. The van der Waals surface area contributed by atoms with Gasteiger partial charge in [-0.1, -0.05) is 42.0 Å². The molecule has 1 amide bonds. The molecule has 0 bridgehead atoms. The minimum Gasteiger partial charge on any atom is -0.467 e. The molecule has 1 aliphatic heterocycles. The Bertz CT molecular complexity index is 1260. The number of furan rings is 1. The van der Waals surface area contributed by atoms with Crippen molar-refractivity contribution in [3.8, 4) is 0 Å². The van der Waals surface area contributed by atoms with Crippen LogP contribution in [0.25, 0.3) is 6.08 Å². The molecule has 9 nitrogen and oxygen atoms in total. The number of hydrogen-bond acceptors (Lipinski definition) is 7. The molecule has 172 valence electrons. The lowest BCUT2D eigenvalue weighted by molar-refractivity contribution is -0.384. The van der Waals surface area contributed by atoms with E-state index in [9.17, 15) is 19.7 Å². The van der Waals surface area contributed by atoms with Crippen LogP contribution in [0.2, 0.25) is 0 Å². The van der Waals surface area contributed by atoms with Crippen LogP contribution in [0.3, 0.4) is 0 Å². The molecule has 0 radical (unpaired) electrons. The van der Waals surface area contributed by atoms with Crippen molar-refractivity contribution in [2.75, 3.05) is 6.61 Å². The highest BCUT2D eigenvalue weighted by Gasteiger charge is 2.35. The fourth-order valence-electron chi connectivity index (χ4n) is 3.52. The molecule has 0 saturated heterocycles. The molecule has 1 unspecified atom stereocenters. The van der Waals surface area contributed by atoms with Gasteiger partial charge in [-0.3, -0.25) is 14.9 Å². The summed E-state index contributed by atoms with van der Waals surface area (Å²) in [5.74, 6) is -0.673. The molecule has 2 heterocycles. The first-order valence-corrected chi connectivity index (χ1v) is 10.5. The molecular formula is C25H21N3O6. The number of nitro benzene ring substituents is 1. The van der Waals surface area contributed by atoms with Crippen molar-refractivity contribution < 1.29 is 23.7 Å². The molecule has 1 aliphatic rings. The molecule has 9 heteroatoms. The molecule has 1 aromatic heterocycles. The number of nitrogens with zero attached hydrogens (tertiary/aromatic N) is 3. The van der Waals surface area contributed by atoms with Crippen LogP contribution in [0.15, 0.2) is 82.5 Å². The van der Waals surface area contributed by atoms with Gasteiger partial charge in [-0.2, -0.15) is 5.10 Å². The second kappa shape index (κ2) is 9.95. The van der Waals surface area contributed by atoms with Gasteiger partial charge in [-0.25, -0.2) is 9.80 Å². The Morgan fingerprint density at radius 3 is 2.71 bits per heavy atom. The van der Waals surface area contributed by atoms with Crippen LogP contribution in [-0.2, 0) is 14.3 Å². The molecule has 3 aromatic rings. The van der Waals surface area contributed by atoms with E-state index in [1.54, 1.807) is 18.2 Å². The Hall–Kier alpha value is -4.53. The standard InChI is InChI=1S/C25H21N3O6/c1-17-7-10-19(11-8-17)21-15-22(23-6-3-13-33-23)27(26-21)24(29)16-34-25(30)12-9-18-4-2-5-20(14-18)28(31)32/h2-14,22H,15-16H2,1H3/b12-9+. The minimum absolute atomic E-state index is 0.0917. The number of non-ortho nitro benzene ring substituents is 1. The second-order valence-electron chi connectivity index (χ2n) is 7.68. The van der Waals surface area contributed by atoms with Crippen molar-refractivity contribution in [2.24, 2.45) is 5.10 Å². The summed E-state index contributed by atoms with van der Waals surface area (Å²) in [6.45, 7) is 1.48. The van der Waals surface area contributed by atoms with Gasteiger partial charge in [0.15, 0.2) is 6.61 Å². The van der Waals surface area contributed by atoms with Crippen molar-refractivity contribution in [2.45, 2.75) is 19.4 Å². The number of esters is 1. The number of ether oxygens (including phenoxy) is 1. The van der Waals surface area contributed by atoms with Gasteiger partial charge in [0.1, 0.15) is 11.8 Å². The fraction of sp³-hybridized carbons (Fsp3) is 0.160. The van der Waals surface area contributed by atoms with E-state index in [0.29, 0.717) is 17.7 Å². The van der Waals surface area contributed by atoms with Gasteiger partial charge >= 0.3 is 5.97 Å². The summed E-state index contributed by atoms with van der Waals surface area (Å²) in [4.78, 5) is 35.3. The average molecular weight is 459 g/mol. The lowest BCUT2D eigenvalue weighted by Crippen LogP contribution is -2.31. The summed E-state index contributed by atoms with van der Waals surface area (Å²) in [5, 5.41) is 16.6. The number of carbonyl (C=O) groups excluding carboxylic acids is 2. The summed E-state index contributed by atoms with van der Waals surface area (Å²) in [5.41, 5.74) is 3.11. The van der Waals surface area contributed by atoms with Crippen molar-refractivity contribution in [3.05, 3.63) is 106 Å². The van der Waals surface area contributed by atoms with Crippen LogP contribution in [0.4, 0.5) is 5.69 Å². The molecular weight excluding hydrogens is 438 g/mol. The van der Waals surface area contributed by atoms with Crippen LogP contribution in [-0.4, -0.2) is 34.1 Å². The van der Waals surface area contributed by atoms with Crippen LogP contribution < -0.4 is 0 Å². The smallest absolute Gasteiger partial charge is 0.331 e. The predicted octanol–water partition coefficient (Wildman–Crippen LogP) is 4.43. The van der Waals surface area contributed by atoms with E-state index in [4.69, 9.17) is 9.15 Å². The van der Waals surface area contributed by atoms with Crippen LogP contribution in [0, 0.1) is 17.0 Å². The quantitative estimate of drug-likeness (QED) is 0.223. The average Bonchev–Trinajstić information content (AvgIpc) is 3.52. The predicted molar refractivity (Wildman–Crippen MR) is 124 cm³/mol. The van der Waals surface area contributed by atoms with E-state index in [1.807, 2.05) is 31.2 Å². The highest BCUT2D eigenvalue weighted by molar-refractivity contribution is 6.03. The van der Waals surface area contributed by atoms with E-state index < -0.39 is 29.4 Å². The Kier molecular flexibility index (Phi) is 6.63. The molecule has 0 aliphatic carbocycles. The molecule has 2 aromatic carbocycles.